The van der Waals surface area contributed by atoms with E-state index >= 15 is 0 Å². The van der Waals surface area contributed by atoms with Gasteiger partial charge in [0.2, 0.25) is 0 Å². The molecule has 2 N–H and O–H groups in total. The predicted molar refractivity (Wildman–Crippen MR) is 112 cm³/mol. The molecule has 1 amide bonds. The third-order valence-corrected chi connectivity index (χ3v) is 5.30. The van der Waals surface area contributed by atoms with Gasteiger partial charge in [0.1, 0.15) is 5.60 Å². The van der Waals surface area contributed by atoms with Crippen LogP contribution in [0.25, 0.3) is 0 Å². The Kier molecular flexibility index (Phi) is 7.21. The zero-order valence-electron chi connectivity index (χ0n) is 17.3. The Labute approximate surface area is 172 Å². The molecule has 0 aromatic heterocycles. The van der Waals surface area contributed by atoms with Crippen LogP contribution >= 0.6 is 11.6 Å². The van der Waals surface area contributed by atoms with E-state index in [-0.39, 0.29) is 23.7 Å². The maximum atomic E-state index is 12.0. The molecule has 156 valence electrons. The molecule has 1 aliphatic rings. The quantitative estimate of drug-likeness (QED) is 0.713. The minimum absolute atomic E-state index is 0.0971. The van der Waals surface area contributed by atoms with Crippen LogP contribution in [0, 0.1) is 6.92 Å². The second-order valence-electron chi connectivity index (χ2n) is 8.34. The minimum atomic E-state index is -0.970. The van der Waals surface area contributed by atoms with Crippen molar-refractivity contribution in [3.05, 3.63) is 28.3 Å². The maximum Gasteiger partial charge on any atom is 0.407 e. The number of rotatable bonds is 5. The van der Waals surface area contributed by atoms with E-state index in [1.54, 1.807) is 0 Å². The van der Waals surface area contributed by atoms with Crippen LogP contribution < -0.4 is 10.2 Å². The van der Waals surface area contributed by atoms with Gasteiger partial charge in [0.05, 0.1) is 5.56 Å². The molecule has 0 atom stereocenters. The van der Waals surface area contributed by atoms with Gasteiger partial charge in [-0.1, -0.05) is 11.6 Å². The van der Waals surface area contributed by atoms with Crippen molar-refractivity contribution in [1.29, 1.82) is 0 Å². The average Bonchev–Trinajstić information content (AvgIpc) is 2.57. The van der Waals surface area contributed by atoms with E-state index in [0.29, 0.717) is 5.02 Å². The number of anilines is 1. The van der Waals surface area contributed by atoms with E-state index in [1.807, 2.05) is 33.8 Å². The molecule has 1 aromatic rings. The SMILES string of the molecule is CCN(c1cc(Cl)cc(C(=O)O)c1C)[C@H]1CC[C@H](NC(=O)OC(C)(C)C)CC1. The van der Waals surface area contributed by atoms with Crippen LogP contribution in [0.2, 0.25) is 5.02 Å². The molecular weight excluding hydrogens is 380 g/mol. The fourth-order valence-electron chi connectivity index (χ4n) is 3.82. The zero-order valence-corrected chi connectivity index (χ0v) is 18.1. The van der Waals surface area contributed by atoms with E-state index in [1.165, 1.54) is 6.07 Å². The van der Waals surface area contributed by atoms with E-state index in [0.717, 1.165) is 43.5 Å². The Bertz CT molecular complexity index is 722. The van der Waals surface area contributed by atoms with E-state index in [2.05, 4.69) is 17.1 Å². The smallest absolute Gasteiger partial charge is 0.407 e. The molecule has 0 radical (unpaired) electrons. The summed E-state index contributed by atoms with van der Waals surface area (Å²) in [5, 5.41) is 12.8. The number of carbonyl (C=O) groups excluding carboxylic acids is 1. The highest BCUT2D eigenvalue weighted by Crippen LogP contribution is 2.33. The van der Waals surface area contributed by atoms with Gasteiger partial charge in [-0.25, -0.2) is 9.59 Å². The van der Waals surface area contributed by atoms with Crippen LogP contribution in [-0.4, -0.2) is 41.4 Å². The Hall–Kier alpha value is -1.95. The molecule has 1 aromatic carbocycles. The van der Waals surface area contributed by atoms with Gasteiger partial charge in [0, 0.05) is 29.3 Å². The third kappa shape index (κ3) is 5.77. The van der Waals surface area contributed by atoms with Crippen molar-refractivity contribution in [2.24, 2.45) is 0 Å². The van der Waals surface area contributed by atoms with Gasteiger partial charge in [0.25, 0.3) is 0 Å². The summed E-state index contributed by atoms with van der Waals surface area (Å²) in [6.07, 6.45) is 3.14. The Balaban J connectivity index is 2.06. The van der Waals surface area contributed by atoms with Gasteiger partial charge >= 0.3 is 12.1 Å². The molecule has 0 unspecified atom stereocenters. The molecule has 0 spiro atoms. The van der Waals surface area contributed by atoms with Crippen molar-refractivity contribution in [2.75, 3.05) is 11.4 Å². The summed E-state index contributed by atoms with van der Waals surface area (Å²) >= 11 is 6.19. The minimum Gasteiger partial charge on any atom is -0.478 e. The highest BCUT2D eigenvalue weighted by Gasteiger charge is 2.29. The van der Waals surface area contributed by atoms with E-state index in [9.17, 15) is 14.7 Å². The number of halogens is 1. The summed E-state index contributed by atoms with van der Waals surface area (Å²) in [6, 6.07) is 3.72. The highest BCUT2D eigenvalue weighted by molar-refractivity contribution is 6.31. The van der Waals surface area contributed by atoms with Crippen molar-refractivity contribution in [3.8, 4) is 0 Å². The molecule has 1 fully saturated rings. The van der Waals surface area contributed by atoms with Crippen molar-refractivity contribution in [1.82, 2.24) is 5.32 Å². The second kappa shape index (κ2) is 9.03. The van der Waals surface area contributed by atoms with Crippen LogP contribution in [-0.2, 0) is 4.74 Å². The van der Waals surface area contributed by atoms with Crippen LogP contribution in [0.15, 0.2) is 12.1 Å². The summed E-state index contributed by atoms with van der Waals surface area (Å²) in [7, 11) is 0. The molecule has 0 saturated heterocycles. The lowest BCUT2D eigenvalue weighted by Crippen LogP contribution is -2.45. The number of carboxylic acid groups (broad SMARTS) is 1. The number of alkyl carbamates (subject to hydrolysis) is 1. The molecule has 1 saturated carbocycles. The number of aromatic carboxylic acids is 1. The second-order valence-corrected chi connectivity index (χ2v) is 8.78. The van der Waals surface area contributed by atoms with Gasteiger partial charge in [0.15, 0.2) is 0 Å². The predicted octanol–water partition coefficient (Wildman–Crippen LogP) is 5.01. The Morgan fingerprint density at radius 1 is 1.25 bits per heavy atom. The maximum absolute atomic E-state index is 12.0. The Morgan fingerprint density at radius 2 is 1.86 bits per heavy atom. The van der Waals surface area contributed by atoms with Gasteiger partial charge in [-0.2, -0.15) is 0 Å². The van der Waals surface area contributed by atoms with Crippen molar-refractivity contribution in [3.63, 3.8) is 0 Å². The number of hydrogen-bond donors (Lipinski definition) is 2. The molecule has 0 heterocycles. The largest absolute Gasteiger partial charge is 0.478 e. The van der Waals surface area contributed by atoms with Gasteiger partial charge in [-0.05, 0) is 78.0 Å². The summed E-state index contributed by atoms with van der Waals surface area (Å²) in [6.45, 7) is 10.2. The van der Waals surface area contributed by atoms with Crippen LogP contribution in [0.1, 0.15) is 69.3 Å². The summed E-state index contributed by atoms with van der Waals surface area (Å²) in [5.74, 6) is -0.970. The fraction of sp³-hybridized carbons (Fsp3) is 0.619. The molecule has 6 nitrogen and oxygen atoms in total. The lowest BCUT2D eigenvalue weighted by atomic mass is 9.89. The van der Waals surface area contributed by atoms with Crippen molar-refractivity contribution in [2.45, 2.75) is 78.0 Å². The lowest BCUT2D eigenvalue weighted by Gasteiger charge is -2.39. The summed E-state index contributed by atoms with van der Waals surface area (Å²) in [5.41, 5.74) is 1.33. The van der Waals surface area contributed by atoms with Crippen LogP contribution in [0.5, 0.6) is 0 Å². The van der Waals surface area contributed by atoms with Crippen LogP contribution in [0.3, 0.4) is 0 Å². The number of benzene rings is 1. The zero-order chi connectivity index (χ0) is 21.1. The van der Waals surface area contributed by atoms with E-state index in [4.69, 9.17) is 16.3 Å². The number of nitrogens with zero attached hydrogens (tertiary/aromatic N) is 1. The number of ether oxygens (including phenoxy) is 1. The summed E-state index contributed by atoms with van der Waals surface area (Å²) < 4.78 is 5.34. The standard InChI is InChI=1S/C21H31ClN2O4/c1-6-24(18-12-14(22)11-17(13(18)2)19(25)26)16-9-7-15(8-10-16)23-20(27)28-21(3,4)5/h11-12,15-16H,6-10H2,1-5H3,(H,23,27)(H,25,26)/t15-,16-. The molecule has 0 aliphatic heterocycles. The van der Waals surface area contributed by atoms with Crippen molar-refractivity contribution < 1.29 is 19.4 Å². The summed E-state index contributed by atoms with van der Waals surface area (Å²) in [4.78, 5) is 25.8. The lowest BCUT2D eigenvalue weighted by molar-refractivity contribution is 0.0490. The number of nitrogens with one attached hydrogen (secondary N) is 1. The van der Waals surface area contributed by atoms with Gasteiger partial charge in [-0.15, -0.1) is 0 Å². The fourth-order valence-corrected chi connectivity index (χ4v) is 4.03. The first-order chi connectivity index (χ1) is 13.0. The van der Waals surface area contributed by atoms with E-state index < -0.39 is 11.6 Å². The Morgan fingerprint density at radius 3 is 2.36 bits per heavy atom. The molecule has 0 bridgehead atoms. The van der Waals surface area contributed by atoms with Crippen LogP contribution in [0.4, 0.5) is 10.5 Å². The van der Waals surface area contributed by atoms with Crippen molar-refractivity contribution >= 4 is 29.4 Å². The molecule has 28 heavy (non-hydrogen) atoms. The number of amides is 1. The highest BCUT2D eigenvalue weighted by atomic mass is 35.5. The van der Waals surface area contributed by atoms with Gasteiger partial charge in [-0.3, -0.25) is 0 Å². The third-order valence-electron chi connectivity index (χ3n) is 5.08. The first kappa shape index (κ1) is 22.3. The number of carboxylic acids is 1. The normalized spacial score (nSPS) is 19.8. The first-order valence-electron chi connectivity index (χ1n) is 9.81. The topological polar surface area (TPSA) is 78.9 Å². The molecule has 1 aliphatic carbocycles. The molecular formula is C21H31ClN2O4. The number of carbonyl (C=O) groups is 2. The first-order valence-corrected chi connectivity index (χ1v) is 10.2. The van der Waals surface area contributed by atoms with Gasteiger partial charge < -0.3 is 20.1 Å². The molecule has 2 rings (SSSR count). The molecule has 7 heteroatoms. The average molecular weight is 411 g/mol. The monoisotopic (exact) mass is 410 g/mol. The number of hydrogen-bond acceptors (Lipinski definition) is 4.